The molecule has 0 aromatic heterocycles. The van der Waals surface area contributed by atoms with Gasteiger partial charge >= 0.3 is 5.97 Å². The van der Waals surface area contributed by atoms with E-state index in [2.05, 4.69) is 22.5 Å². The minimum atomic E-state index is -0.964. The van der Waals surface area contributed by atoms with Gasteiger partial charge in [0.2, 0.25) is 0 Å². The number of carbonyl (C=O) groups is 2. The van der Waals surface area contributed by atoms with Crippen molar-refractivity contribution in [1.82, 2.24) is 15.5 Å². The second-order valence-electron chi connectivity index (χ2n) is 8.14. The molecule has 200 valence electrons. The Balaban J connectivity index is 0.00000324. The van der Waals surface area contributed by atoms with Crippen molar-refractivity contribution in [2.75, 3.05) is 39.9 Å². The highest BCUT2D eigenvalue weighted by atomic mass is 35.5. The molecule has 36 heavy (non-hydrogen) atoms. The molecule has 1 heterocycles. The molecule has 1 aliphatic rings. The number of benzene rings is 2. The first-order chi connectivity index (χ1) is 16.3. The van der Waals surface area contributed by atoms with Crippen LogP contribution >= 0.6 is 48.0 Å². The normalized spacial score (nSPS) is 16.2. The molecule has 0 bridgehead atoms. The van der Waals surface area contributed by atoms with Gasteiger partial charge < -0.3 is 25.2 Å². The number of esters is 1. The van der Waals surface area contributed by atoms with Gasteiger partial charge in [0.25, 0.3) is 5.91 Å². The minimum Gasteiger partial charge on any atom is -0.505 e. The molecule has 1 amide bonds. The maximum atomic E-state index is 12.9. The Morgan fingerprint density at radius 2 is 1.94 bits per heavy atom. The predicted molar refractivity (Wildman–Crippen MR) is 145 cm³/mol. The van der Waals surface area contributed by atoms with Crippen LogP contribution in [0.25, 0.3) is 0 Å². The Morgan fingerprint density at radius 1 is 1.25 bits per heavy atom. The second-order valence-corrected chi connectivity index (χ2v) is 8.93. The molecule has 0 spiro atoms. The van der Waals surface area contributed by atoms with E-state index in [1.165, 1.54) is 13.2 Å². The van der Waals surface area contributed by atoms with E-state index >= 15 is 0 Å². The SMILES string of the molecule is COC(=O)[C@H](Cc1ccccc1)NC(=O)c1cc(Cl)c(OCCN2CCN[C@H](C)C2)c(Cl)c1O.Cl.Cl. The Labute approximate surface area is 233 Å². The predicted octanol–water partition coefficient (Wildman–Crippen LogP) is 3.73. The van der Waals surface area contributed by atoms with E-state index in [1.54, 1.807) is 0 Å². The van der Waals surface area contributed by atoms with Crippen LogP contribution in [0.3, 0.4) is 0 Å². The van der Waals surface area contributed by atoms with Gasteiger partial charge in [0, 0.05) is 38.6 Å². The topological polar surface area (TPSA) is 100 Å². The summed E-state index contributed by atoms with van der Waals surface area (Å²) in [6.07, 6.45) is 0.216. The van der Waals surface area contributed by atoms with Gasteiger partial charge in [0.1, 0.15) is 17.7 Å². The third-order valence-electron chi connectivity index (χ3n) is 5.58. The van der Waals surface area contributed by atoms with Crippen molar-refractivity contribution >= 4 is 59.9 Å². The molecule has 0 radical (unpaired) electrons. The number of nitrogens with one attached hydrogen (secondary N) is 2. The third kappa shape index (κ3) is 8.57. The van der Waals surface area contributed by atoms with E-state index in [9.17, 15) is 14.7 Å². The summed E-state index contributed by atoms with van der Waals surface area (Å²) >= 11 is 12.6. The number of hydrogen-bond donors (Lipinski definition) is 3. The lowest BCUT2D eigenvalue weighted by atomic mass is 10.1. The number of methoxy groups -OCH3 is 1. The first-order valence-electron chi connectivity index (χ1n) is 11.0. The van der Waals surface area contributed by atoms with Crippen molar-refractivity contribution in [3.8, 4) is 11.5 Å². The van der Waals surface area contributed by atoms with Crippen molar-refractivity contribution < 1.29 is 24.2 Å². The van der Waals surface area contributed by atoms with Crippen LogP contribution in [0.1, 0.15) is 22.8 Å². The van der Waals surface area contributed by atoms with Crippen LogP contribution in [0.2, 0.25) is 10.0 Å². The fourth-order valence-electron chi connectivity index (χ4n) is 3.81. The number of amides is 1. The second kappa shape index (κ2) is 15.3. The van der Waals surface area contributed by atoms with Gasteiger partial charge in [-0.25, -0.2) is 4.79 Å². The third-order valence-corrected chi connectivity index (χ3v) is 6.21. The number of piperazine rings is 1. The van der Waals surface area contributed by atoms with Crippen molar-refractivity contribution in [3.63, 3.8) is 0 Å². The quantitative estimate of drug-likeness (QED) is 0.387. The lowest BCUT2D eigenvalue weighted by molar-refractivity contribution is -0.142. The van der Waals surface area contributed by atoms with Gasteiger partial charge in [-0.3, -0.25) is 9.69 Å². The van der Waals surface area contributed by atoms with Crippen molar-refractivity contribution in [1.29, 1.82) is 0 Å². The van der Waals surface area contributed by atoms with Crippen molar-refractivity contribution in [2.45, 2.75) is 25.4 Å². The summed E-state index contributed by atoms with van der Waals surface area (Å²) in [4.78, 5) is 27.4. The average Bonchev–Trinajstić information content (AvgIpc) is 2.83. The number of nitrogens with zero attached hydrogens (tertiary/aromatic N) is 1. The molecule has 1 aliphatic heterocycles. The number of phenolic OH excluding ortho intramolecular Hbond substituents is 1. The first-order valence-corrected chi connectivity index (χ1v) is 11.8. The van der Waals surface area contributed by atoms with Crippen LogP contribution in [-0.4, -0.2) is 73.9 Å². The highest BCUT2D eigenvalue weighted by Gasteiger charge is 2.27. The number of halogens is 4. The largest absolute Gasteiger partial charge is 0.505 e. The molecule has 0 aliphatic carbocycles. The van der Waals surface area contributed by atoms with E-state index in [-0.39, 0.29) is 52.6 Å². The molecule has 1 fully saturated rings. The van der Waals surface area contributed by atoms with Crippen LogP contribution in [-0.2, 0) is 16.0 Å². The monoisotopic (exact) mass is 581 g/mol. The van der Waals surface area contributed by atoms with E-state index in [4.69, 9.17) is 32.7 Å². The molecule has 0 saturated carbocycles. The lowest BCUT2D eigenvalue weighted by Crippen LogP contribution is -2.50. The molecule has 2 aromatic carbocycles. The summed E-state index contributed by atoms with van der Waals surface area (Å²) in [5.74, 6) is -1.70. The van der Waals surface area contributed by atoms with Gasteiger partial charge in [-0.15, -0.1) is 24.8 Å². The van der Waals surface area contributed by atoms with Crippen LogP contribution < -0.4 is 15.4 Å². The Morgan fingerprint density at radius 3 is 2.58 bits per heavy atom. The van der Waals surface area contributed by atoms with Crippen LogP contribution in [0, 0.1) is 0 Å². The summed E-state index contributed by atoms with van der Waals surface area (Å²) in [5.41, 5.74) is 0.668. The summed E-state index contributed by atoms with van der Waals surface area (Å²) in [6, 6.07) is 9.90. The van der Waals surface area contributed by atoms with Gasteiger partial charge in [0.15, 0.2) is 11.5 Å². The lowest BCUT2D eigenvalue weighted by Gasteiger charge is -2.31. The molecular weight excluding hydrogens is 552 g/mol. The molecule has 3 N–H and O–H groups in total. The van der Waals surface area contributed by atoms with Crippen LogP contribution in [0.4, 0.5) is 0 Å². The van der Waals surface area contributed by atoms with Gasteiger partial charge in [0.05, 0.1) is 17.7 Å². The summed E-state index contributed by atoms with van der Waals surface area (Å²) in [7, 11) is 1.24. The van der Waals surface area contributed by atoms with E-state index in [1.807, 2.05) is 30.3 Å². The molecular formula is C24H31Cl4N3O5. The van der Waals surface area contributed by atoms with E-state index in [0.29, 0.717) is 19.2 Å². The molecule has 1 saturated heterocycles. The molecule has 12 heteroatoms. The summed E-state index contributed by atoms with van der Waals surface area (Å²) in [5, 5.41) is 16.5. The zero-order valence-corrected chi connectivity index (χ0v) is 23.1. The first kappa shape index (κ1) is 32.1. The number of phenols is 1. The van der Waals surface area contributed by atoms with Gasteiger partial charge in [-0.1, -0.05) is 53.5 Å². The summed E-state index contributed by atoms with van der Waals surface area (Å²) in [6.45, 7) is 5.82. The highest BCUT2D eigenvalue weighted by Crippen LogP contribution is 2.42. The van der Waals surface area contributed by atoms with Crippen molar-refractivity contribution in [3.05, 3.63) is 57.6 Å². The average molecular weight is 583 g/mol. The van der Waals surface area contributed by atoms with Gasteiger partial charge in [-0.05, 0) is 18.6 Å². The fourth-order valence-corrected chi connectivity index (χ4v) is 4.37. The number of carbonyl (C=O) groups excluding carboxylic acids is 2. The van der Waals surface area contributed by atoms with Crippen LogP contribution in [0.5, 0.6) is 11.5 Å². The molecule has 2 atom stereocenters. The van der Waals surface area contributed by atoms with Crippen LogP contribution in [0.15, 0.2) is 36.4 Å². The minimum absolute atomic E-state index is 0. The number of hydrogen-bond acceptors (Lipinski definition) is 7. The zero-order valence-electron chi connectivity index (χ0n) is 20.0. The maximum Gasteiger partial charge on any atom is 0.328 e. The van der Waals surface area contributed by atoms with E-state index in [0.717, 1.165) is 25.2 Å². The molecule has 3 rings (SSSR count). The number of rotatable bonds is 9. The zero-order chi connectivity index (χ0) is 24.7. The molecule has 2 aromatic rings. The summed E-state index contributed by atoms with van der Waals surface area (Å²) < 4.78 is 10.6. The number of aromatic hydroxyl groups is 1. The van der Waals surface area contributed by atoms with Crippen molar-refractivity contribution in [2.24, 2.45) is 0 Å². The van der Waals surface area contributed by atoms with Gasteiger partial charge in [-0.2, -0.15) is 0 Å². The smallest absolute Gasteiger partial charge is 0.328 e. The standard InChI is InChI=1S/C24H29Cl2N3O5.2ClH/c1-15-14-29(9-8-27-15)10-11-34-22-18(25)13-17(21(30)20(22)26)23(31)28-19(24(32)33-2)12-16-6-4-3-5-7-16;;/h3-7,13,15,19,27,30H,8-12,14H2,1-2H3,(H,28,31);2*1H/t15-,19+;;/m1../s1. The Kier molecular flexibility index (Phi) is 13.7. The Hall–Kier alpha value is -1.94. The number of ether oxygens (including phenoxy) is 2. The maximum absolute atomic E-state index is 12.9. The Bertz CT molecular complexity index is 1010. The molecule has 8 nitrogen and oxygen atoms in total. The fraction of sp³-hybridized carbons (Fsp3) is 0.417. The highest BCUT2D eigenvalue weighted by molar-refractivity contribution is 6.39. The molecule has 0 unspecified atom stereocenters. The van der Waals surface area contributed by atoms with E-state index < -0.39 is 23.7 Å².